The highest BCUT2D eigenvalue weighted by Gasteiger charge is 2.08. The molecule has 0 bridgehead atoms. The average molecular weight is 331 g/mol. The van der Waals surface area contributed by atoms with Gasteiger partial charge in [-0.3, -0.25) is 4.79 Å². The van der Waals surface area contributed by atoms with Crippen molar-refractivity contribution >= 4 is 5.78 Å². The van der Waals surface area contributed by atoms with Crippen molar-refractivity contribution < 1.29 is 14.3 Å². The van der Waals surface area contributed by atoms with Gasteiger partial charge in [0.15, 0.2) is 5.78 Å². The molecule has 0 amide bonds. The monoisotopic (exact) mass is 331 g/mol. The number of methoxy groups -OCH3 is 1. The zero-order chi connectivity index (χ0) is 17.5. The minimum Gasteiger partial charge on any atom is -0.497 e. The predicted octanol–water partition coefficient (Wildman–Crippen LogP) is 4.71. The molecule has 3 aromatic carbocycles. The fourth-order valence-corrected chi connectivity index (χ4v) is 2.39. The van der Waals surface area contributed by atoms with Crippen molar-refractivity contribution in [2.24, 2.45) is 0 Å². The van der Waals surface area contributed by atoms with Crippen molar-refractivity contribution in [1.29, 1.82) is 0 Å². The smallest absolute Gasteiger partial charge is 0.171 e. The summed E-state index contributed by atoms with van der Waals surface area (Å²) in [7, 11) is 1.60. The molecule has 1 radical (unpaired) electrons. The first kappa shape index (κ1) is 16.8. The number of ether oxygens (including phenoxy) is 2. The molecule has 0 aliphatic rings. The Hall–Kier alpha value is -3.07. The first-order valence-electron chi connectivity index (χ1n) is 8.04. The van der Waals surface area contributed by atoms with Crippen LogP contribution in [0.4, 0.5) is 0 Å². The van der Waals surface area contributed by atoms with Crippen LogP contribution in [0.3, 0.4) is 0 Å². The third-order valence-electron chi connectivity index (χ3n) is 3.80. The normalized spacial score (nSPS) is 10.3. The van der Waals surface area contributed by atoms with Gasteiger partial charge in [-0.15, -0.1) is 0 Å². The molecule has 0 saturated carbocycles. The average Bonchev–Trinajstić information content (AvgIpc) is 2.68. The van der Waals surface area contributed by atoms with Crippen LogP contribution in [-0.4, -0.2) is 12.9 Å². The standard InChI is InChI=1S/C22H19O3/c1-24-20-13-9-19(10-14-20)22(23)15-17-7-11-21(12-8-17)25-16-18-5-3-2-4-6-18/h2-15H,16H2,1H3. The lowest BCUT2D eigenvalue weighted by molar-refractivity contribution is 0.103. The van der Waals surface area contributed by atoms with E-state index in [9.17, 15) is 4.79 Å². The van der Waals surface area contributed by atoms with Gasteiger partial charge in [-0.25, -0.2) is 0 Å². The summed E-state index contributed by atoms with van der Waals surface area (Å²) in [6, 6.07) is 24.6. The van der Waals surface area contributed by atoms with Crippen LogP contribution in [0.2, 0.25) is 0 Å². The quantitative estimate of drug-likeness (QED) is 0.588. The predicted molar refractivity (Wildman–Crippen MR) is 97.9 cm³/mol. The number of hydrogen-bond acceptors (Lipinski definition) is 3. The van der Waals surface area contributed by atoms with Crippen LogP contribution in [0.25, 0.3) is 0 Å². The lowest BCUT2D eigenvalue weighted by Crippen LogP contribution is -2.01. The molecule has 0 saturated heterocycles. The van der Waals surface area contributed by atoms with Crippen molar-refractivity contribution in [1.82, 2.24) is 0 Å². The van der Waals surface area contributed by atoms with Gasteiger partial charge in [0.1, 0.15) is 18.1 Å². The topological polar surface area (TPSA) is 35.5 Å². The molecular weight excluding hydrogens is 312 g/mol. The molecule has 3 heteroatoms. The molecule has 0 atom stereocenters. The van der Waals surface area contributed by atoms with Gasteiger partial charge >= 0.3 is 0 Å². The van der Waals surface area contributed by atoms with Crippen molar-refractivity contribution in [2.75, 3.05) is 7.11 Å². The molecule has 0 aromatic heterocycles. The summed E-state index contributed by atoms with van der Waals surface area (Å²) in [5.41, 5.74) is 2.59. The molecule has 3 nitrogen and oxygen atoms in total. The second-order valence-electron chi connectivity index (χ2n) is 5.58. The molecular formula is C22H19O3. The van der Waals surface area contributed by atoms with E-state index in [4.69, 9.17) is 9.47 Å². The van der Waals surface area contributed by atoms with Crippen molar-refractivity contribution in [3.63, 3.8) is 0 Å². The van der Waals surface area contributed by atoms with E-state index < -0.39 is 0 Å². The van der Waals surface area contributed by atoms with E-state index in [1.165, 1.54) is 0 Å². The minimum atomic E-state index is -0.0411. The molecule has 0 fully saturated rings. The Morgan fingerprint density at radius 2 is 1.48 bits per heavy atom. The van der Waals surface area contributed by atoms with Crippen LogP contribution in [0.1, 0.15) is 21.5 Å². The maximum Gasteiger partial charge on any atom is 0.171 e. The second kappa shape index (κ2) is 8.15. The van der Waals surface area contributed by atoms with Crippen LogP contribution in [0.15, 0.2) is 78.9 Å². The first-order valence-corrected chi connectivity index (χ1v) is 8.04. The number of ketones is 1. The van der Waals surface area contributed by atoms with Crippen LogP contribution < -0.4 is 9.47 Å². The molecule has 25 heavy (non-hydrogen) atoms. The van der Waals surface area contributed by atoms with E-state index in [1.807, 2.05) is 54.6 Å². The largest absolute Gasteiger partial charge is 0.497 e. The van der Waals surface area contributed by atoms with Crippen LogP contribution in [-0.2, 0) is 6.61 Å². The van der Waals surface area contributed by atoms with Gasteiger partial charge in [-0.2, -0.15) is 0 Å². The third kappa shape index (κ3) is 4.70. The van der Waals surface area contributed by atoms with E-state index in [0.717, 1.165) is 22.6 Å². The molecule has 0 N–H and O–H groups in total. The Labute approximate surface area is 147 Å². The van der Waals surface area contributed by atoms with Gasteiger partial charge in [-0.05, 0) is 47.5 Å². The first-order chi connectivity index (χ1) is 12.2. The summed E-state index contributed by atoms with van der Waals surface area (Å²) in [5, 5.41) is 0. The van der Waals surface area contributed by atoms with Crippen LogP contribution in [0.5, 0.6) is 11.5 Å². The lowest BCUT2D eigenvalue weighted by atomic mass is 10.0. The number of carbonyl (C=O) groups is 1. The highest BCUT2D eigenvalue weighted by molar-refractivity contribution is 6.04. The van der Waals surface area contributed by atoms with Crippen LogP contribution >= 0.6 is 0 Å². The van der Waals surface area contributed by atoms with Gasteiger partial charge in [0.25, 0.3) is 0 Å². The summed E-state index contributed by atoms with van der Waals surface area (Å²) in [4.78, 5) is 12.3. The van der Waals surface area contributed by atoms with E-state index in [2.05, 4.69) is 0 Å². The maximum atomic E-state index is 12.3. The van der Waals surface area contributed by atoms with Gasteiger partial charge in [0.2, 0.25) is 0 Å². The Balaban J connectivity index is 1.57. The SMILES string of the molecule is COc1ccc(C(=O)[CH]c2ccc(OCc3ccccc3)cc2)cc1. The van der Waals surface area contributed by atoms with Gasteiger partial charge in [0.05, 0.1) is 13.5 Å². The highest BCUT2D eigenvalue weighted by Crippen LogP contribution is 2.18. The Morgan fingerprint density at radius 3 is 2.12 bits per heavy atom. The Bertz CT molecular complexity index is 806. The highest BCUT2D eigenvalue weighted by atomic mass is 16.5. The summed E-state index contributed by atoms with van der Waals surface area (Å²) >= 11 is 0. The number of carbonyl (C=O) groups excluding carboxylic acids is 1. The summed E-state index contributed by atoms with van der Waals surface area (Å²) in [6.45, 7) is 0.522. The fraction of sp³-hybridized carbons (Fsp3) is 0.0909. The molecule has 3 rings (SSSR count). The van der Waals surface area contributed by atoms with Crippen molar-refractivity contribution in [3.8, 4) is 11.5 Å². The Morgan fingerprint density at radius 1 is 0.840 bits per heavy atom. The van der Waals surface area contributed by atoms with E-state index in [1.54, 1.807) is 37.8 Å². The third-order valence-corrected chi connectivity index (χ3v) is 3.80. The molecule has 125 valence electrons. The summed E-state index contributed by atoms with van der Waals surface area (Å²) < 4.78 is 10.8. The molecule has 0 aliphatic carbocycles. The molecule has 0 unspecified atom stereocenters. The van der Waals surface area contributed by atoms with Gasteiger partial charge in [-0.1, -0.05) is 42.5 Å². The second-order valence-corrected chi connectivity index (χ2v) is 5.58. The summed E-state index contributed by atoms with van der Waals surface area (Å²) in [5.74, 6) is 1.47. The van der Waals surface area contributed by atoms with E-state index >= 15 is 0 Å². The van der Waals surface area contributed by atoms with E-state index in [0.29, 0.717) is 12.2 Å². The van der Waals surface area contributed by atoms with Crippen LogP contribution in [0, 0.1) is 6.42 Å². The number of benzene rings is 3. The fourth-order valence-electron chi connectivity index (χ4n) is 2.39. The van der Waals surface area contributed by atoms with Crippen molar-refractivity contribution in [2.45, 2.75) is 6.61 Å². The van der Waals surface area contributed by atoms with Crippen molar-refractivity contribution in [3.05, 3.63) is 102 Å². The van der Waals surface area contributed by atoms with E-state index in [-0.39, 0.29) is 5.78 Å². The number of Topliss-reactive ketones (excluding diaryl/α,β-unsaturated/α-hetero) is 1. The number of rotatable bonds is 7. The molecule has 3 aromatic rings. The zero-order valence-electron chi connectivity index (χ0n) is 14.0. The zero-order valence-corrected chi connectivity index (χ0v) is 14.0. The number of hydrogen-bond donors (Lipinski definition) is 0. The minimum absolute atomic E-state index is 0.0411. The maximum absolute atomic E-state index is 12.3. The Kier molecular flexibility index (Phi) is 5.47. The van der Waals surface area contributed by atoms with Gasteiger partial charge < -0.3 is 9.47 Å². The molecule has 0 spiro atoms. The molecule has 0 aliphatic heterocycles. The summed E-state index contributed by atoms with van der Waals surface area (Å²) in [6.07, 6.45) is 1.61. The lowest BCUT2D eigenvalue weighted by Gasteiger charge is -2.07. The van der Waals surface area contributed by atoms with Gasteiger partial charge in [0, 0.05) is 5.56 Å². The molecule has 0 heterocycles.